The van der Waals surface area contributed by atoms with Crippen molar-refractivity contribution in [1.82, 2.24) is 9.61 Å². The lowest BCUT2D eigenvalue weighted by Gasteiger charge is -1.99. The van der Waals surface area contributed by atoms with Crippen LogP contribution in [-0.4, -0.2) is 22.7 Å². The second kappa shape index (κ2) is 3.59. The van der Waals surface area contributed by atoms with Gasteiger partial charge in [0.05, 0.1) is 23.7 Å². The highest BCUT2D eigenvalue weighted by atomic mass is 16.5. The largest absolute Gasteiger partial charge is 0.465 e. The fraction of sp³-hybridized carbons (Fsp3) is 0.0769. The summed E-state index contributed by atoms with van der Waals surface area (Å²) in [6.45, 7) is 0. The van der Waals surface area contributed by atoms with E-state index in [4.69, 9.17) is 0 Å². The summed E-state index contributed by atoms with van der Waals surface area (Å²) in [5.41, 5.74) is 2.38. The standard InChI is InChI=1S/C13H10N2O2/c1-17-13(16)9-6-7-12-10-4-2-3-5-11(10)14-15(12)8-9/h2-8H,1H3. The zero-order chi connectivity index (χ0) is 11.8. The van der Waals surface area contributed by atoms with E-state index in [1.54, 1.807) is 16.8 Å². The molecule has 0 saturated carbocycles. The van der Waals surface area contributed by atoms with Crippen molar-refractivity contribution in [3.63, 3.8) is 0 Å². The Hall–Kier alpha value is -2.36. The van der Waals surface area contributed by atoms with Crippen LogP contribution < -0.4 is 0 Å². The Labute approximate surface area is 97.4 Å². The Bertz CT molecular complexity index is 716. The zero-order valence-corrected chi connectivity index (χ0v) is 9.25. The molecule has 3 rings (SSSR count). The van der Waals surface area contributed by atoms with Gasteiger partial charge in [-0.15, -0.1) is 0 Å². The third kappa shape index (κ3) is 1.45. The molecule has 0 radical (unpaired) electrons. The highest BCUT2D eigenvalue weighted by Gasteiger charge is 2.09. The van der Waals surface area contributed by atoms with Gasteiger partial charge in [-0.05, 0) is 18.2 Å². The van der Waals surface area contributed by atoms with Gasteiger partial charge in [0.1, 0.15) is 0 Å². The smallest absolute Gasteiger partial charge is 0.339 e. The van der Waals surface area contributed by atoms with Crippen LogP contribution in [0.3, 0.4) is 0 Å². The molecule has 0 fully saturated rings. The number of carbonyl (C=O) groups is 1. The number of hydrogen-bond donors (Lipinski definition) is 0. The Balaban J connectivity index is 2.30. The Morgan fingerprint density at radius 2 is 2.06 bits per heavy atom. The number of methoxy groups -OCH3 is 1. The van der Waals surface area contributed by atoms with Crippen molar-refractivity contribution in [2.75, 3.05) is 7.11 Å². The molecule has 0 amide bonds. The topological polar surface area (TPSA) is 43.6 Å². The van der Waals surface area contributed by atoms with Crippen LogP contribution >= 0.6 is 0 Å². The van der Waals surface area contributed by atoms with Gasteiger partial charge >= 0.3 is 5.97 Å². The SMILES string of the molecule is COC(=O)c1ccc2c3ccccc3nn2c1. The maximum absolute atomic E-state index is 11.4. The molecular weight excluding hydrogens is 216 g/mol. The summed E-state index contributed by atoms with van der Waals surface area (Å²) in [7, 11) is 1.37. The fourth-order valence-corrected chi connectivity index (χ4v) is 1.92. The minimum atomic E-state index is -0.355. The molecule has 0 atom stereocenters. The molecule has 4 heteroatoms. The summed E-state index contributed by atoms with van der Waals surface area (Å²) in [6, 6.07) is 11.5. The van der Waals surface area contributed by atoms with Crippen LogP contribution in [-0.2, 0) is 4.74 Å². The van der Waals surface area contributed by atoms with Crippen molar-refractivity contribution >= 4 is 22.4 Å². The van der Waals surface area contributed by atoms with Crippen LogP contribution in [0.4, 0.5) is 0 Å². The first-order chi connectivity index (χ1) is 8.29. The molecule has 0 unspecified atom stereocenters. The van der Waals surface area contributed by atoms with Crippen molar-refractivity contribution < 1.29 is 9.53 Å². The number of fused-ring (bicyclic) bond motifs is 3. The van der Waals surface area contributed by atoms with Crippen LogP contribution in [0, 0.1) is 0 Å². The third-order valence-electron chi connectivity index (χ3n) is 2.75. The van der Waals surface area contributed by atoms with E-state index in [9.17, 15) is 4.79 Å². The molecule has 3 aromatic rings. The van der Waals surface area contributed by atoms with Crippen LogP contribution in [0.25, 0.3) is 16.4 Å². The number of aromatic nitrogens is 2. The number of ether oxygens (including phenoxy) is 1. The first-order valence-electron chi connectivity index (χ1n) is 5.25. The van der Waals surface area contributed by atoms with Crippen LogP contribution in [0.1, 0.15) is 10.4 Å². The van der Waals surface area contributed by atoms with Gasteiger partial charge in [-0.1, -0.05) is 18.2 Å². The average molecular weight is 226 g/mol. The summed E-state index contributed by atoms with van der Waals surface area (Å²) in [6.07, 6.45) is 1.68. The van der Waals surface area contributed by atoms with E-state index in [2.05, 4.69) is 9.84 Å². The molecule has 17 heavy (non-hydrogen) atoms. The van der Waals surface area contributed by atoms with Crippen LogP contribution in [0.5, 0.6) is 0 Å². The molecule has 0 aliphatic carbocycles. The normalized spacial score (nSPS) is 10.9. The molecule has 2 heterocycles. The van der Waals surface area contributed by atoms with Crippen LogP contribution in [0.2, 0.25) is 0 Å². The van der Waals surface area contributed by atoms with Gasteiger partial charge in [0, 0.05) is 11.6 Å². The molecule has 0 N–H and O–H groups in total. The maximum Gasteiger partial charge on any atom is 0.339 e. The van der Waals surface area contributed by atoms with Gasteiger partial charge in [-0.2, -0.15) is 5.10 Å². The molecule has 2 aromatic heterocycles. The predicted molar refractivity (Wildman–Crippen MR) is 64.0 cm³/mol. The number of carbonyl (C=O) groups excluding carboxylic acids is 1. The highest BCUT2D eigenvalue weighted by Crippen LogP contribution is 2.19. The Morgan fingerprint density at radius 1 is 1.24 bits per heavy atom. The van der Waals surface area contributed by atoms with Crippen LogP contribution in [0.15, 0.2) is 42.6 Å². The van der Waals surface area contributed by atoms with E-state index in [0.29, 0.717) is 5.56 Å². The van der Waals surface area contributed by atoms with E-state index in [1.165, 1.54) is 7.11 Å². The van der Waals surface area contributed by atoms with E-state index < -0.39 is 0 Å². The van der Waals surface area contributed by atoms with Gasteiger partial charge in [0.15, 0.2) is 0 Å². The van der Waals surface area contributed by atoms with Crippen molar-refractivity contribution in [3.05, 3.63) is 48.2 Å². The molecule has 1 aromatic carbocycles. The minimum Gasteiger partial charge on any atom is -0.465 e. The summed E-state index contributed by atoms with van der Waals surface area (Å²) in [4.78, 5) is 11.4. The lowest BCUT2D eigenvalue weighted by molar-refractivity contribution is 0.0600. The van der Waals surface area contributed by atoms with Crippen molar-refractivity contribution in [1.29, 1.82) is 0 Å². The lowest BCUT2D eigenvalue weighted by Crippen LogP contribution is -2.02. The van der Waals surface area contributed by atoms with Gasteiger partial charge in [-0.3, -0.25) is 0 Å². The van der Waals surface area contributed by atoms with Crippen molar-refractivity contribution in [2.24, 2.45) is 0 Å². The molecule has 0 aliphatic rings. The highest BCUT2D eigenvalue weighted by molar-refractivity contribution is 5.96. The second-order valence-corrected chi connectivity index (χ2v) is 3.76. The molecule has 0 spiro atoms. The number of benzene rings is 1. The number of esters is 1. The Kier molecular flexibility index (Phi) is 2.08. The molecule has 4 nitrogen and oxygen atoms in total. The van der Waals surface area contributed by atoms with Crippen molar-refractivity contribution in [2.45, 2.75) is 0 Å². The van der Waals surface area contributed by atoms with E-state index in [1.807, 2.05) is 30.3 Å². The number of nitrogens with zero attached hydrogens (tertiary/aromatic N) is 2. The first kappa shape index (κ1) is 9.84. The monoisotopic (exact) mass is 226 g/mol. The number of pyridine rings is 1. The maximum atomic E-state index is 11.4. The molecule has 0 bridgehead atoms. The first-order valence-corrected chi connectivity index (χ1v) is 5.25. The second-order valence-electron chi connectivity index (χ2n) is 3.76. The average Bonchev–Trinajstić information content (AvgIpc) is 2.75. The van der Waals surface area contributed by atoms with E-state index in [-0.39, 0.29) is 5.97 Å². The zero-order valence-electron chi connectivity index (χ0n) is 9.25. The lowest BCUT2D eigenvalue weighted by atomic mass is 10.2. The Morgan fingerprint density at radius 3 is 2.88 bits per heavy atom. The summed E-state index contributed by atoms with van der Waals surface area (Å²) < 4.78 is 6.38. The molecular formula is C13H10N2O2. The molecule has 84 valence electrons. The molecule has 0 aliphatic heterocycles. The quantitative estimate of drug-likeness (QED) is 0.598. The number of rotatable bonds is 1. The van der Waals surface area contributed by atoms with Gasteiger partial charge in [0.25, 0.3) is 0 Å². The fourth-order valence-electron chi connectivity index (χ4n) is 1.92. The summed E-state index contributed by atoms with van der Waals surface area (Å²) in [5, 5.41) is 5.47. The van der Waals surface area contributed by atoms with Gasteiger partial charge in [-0.25, -0.2) is 9.31 Å². The third-order valence-corrected chi connectivity index (χ3v) is 2.75. The van der Waals surface area contributed by atoms with Gasteiger partial charge < -0.3 is 4.74 Å². The predicted octanol–water partition coefficient (Wildman–Crippen LogP) is 2.27. The molecule has 0 saturated heterocycles. The summed E-state index contributed by atoms with van der Waals surface area (Å²) >= 11 is 0. The van der Waals surface area contributed by atoms with E-state index >= 15 is 0 Å². The summed E-state index contributed by atoms with van der Waals surface area (Å²) in [5.74, 6) is -0.355. The van der Waals surface area contributed by atoms with Crippen molar-refractivity contribution in [3.8, 4) is 0 Å². The number of hydrogen-bond acceptors (Lipinski definition) is 3. The van der Waals surface area contributed by atoms with E-state index in [0.717, 1.165) is 16.4 Å². The van der Waals surface area contributed by atoms with Gasteiger partial charge in [0.2, 0.25) is 0 Å². The minimum absolute atomic E-state index is 0.355.